The number of H-pyrrole nitrogens is 1. The molecule has 3 aromatic rings. The van der Waals surface area contributed by atoms with E-state index in [0.717, 1.165) is 19.4 Å². The number of halogens is 1. The topological polar surface area (TPSA) is 73.9 Å². The van der Waals surface area contributed by atoms with Gasteiger partial charge in [-0.1, -0.05) is 12.1 Å². The van der Waals surface area contributed by atoms with Crippen molar-refractivity contribution in [2.24, 2.45) is 5.92 Å². The van der Waals surface area contributed by atoms with E-state index in [-0.39, 0.29) is 11.8 Å². The minimum atomic E-state index is -0.0718. The van der Waals surface area contributed by atoms with Gasteiger partial charge in [-0.25, -0.2) is 9.97 Å². The van der Waals surface area contributed by atoms with Gasteiger partial charge < -0.3 is 15.2 Å². The fourth-order valence-corrected chi connectivity index (χ4v) is 4.94. The van der Waals surface area contributed by atoms with Gasteiger partial charge in [0, 0.05) is 35.6 Å². The van der Waals surface area contributed by atoms with Crippen molar-refractivity contribution < 1.29 is 4.79 Å². The van der Waals surface area contributed by atoms with Gasteiger partial charge in [-0.05, 0) is 53.0 Å². The summed E-state index contributed by atoms with van der Waals surface area (Å²) < 4.78 is 0.651. The summed E-state index contributed by atoms with van der Waals surface area (Å²) in [6.45, 7) is 0.757. The fourth-order valence-electron chi connectivity index (χ4n) is 4.74. The molecule has 0 bridgehead atoms. The second-order valence-corrected chi connectivity index (χ2v) is 8.36. The van der Waals surface area contributed by atoms with Crippen LogP contribution in [0.2, 0.25) is 0 Å². The van der Waals surface area contributed by atoms with E-state index in [1.807, 2.05) is 0 Å². The average molecular weight is 426 g/mol. The number of nitrogens with zero attached hydrogens (tertiary/aromatic N) is 3. The highest BCUT2D eigenvalue weighted by Crippen LogP contribution is 2.44. The number of benzene rings is 1. The molecule has 138 valence electrons. The number of hydrogen-bond donors (Lipinski definition) is 2. The van der Waals surface area contributed by atoms with Crippen molar-refractivity contribution in [1.82, 2.24) is 19.9 Å². The molecule has 2 aliphatic rings. The quantitative estimate of drug-likeness (QED) is 0.660. The molecule has 0 radical (unpaired) electrons. The summed E-state index contributed by atoms with van der Waals surface area (Å²) in [6, 6.07) is 6.91. The number of hydrogen-bond acceptors (Lipinski definition) is 4. The molecular weight excluding hydrogens is 406 g/mol. The number of fused-ring (bicyclic) bond motifs is 2. The van der Waals surface area contributed by atoms with E-state index >= 15 is 0 Å². The third kappa shape index (κ3) is 2.85. The highest BCUT2D eigenvalue weighted by atomic mass is 79.9. The van der Waals surface area contributed by atoms with Crippen LogP contribution >= 0.6 is 15.9 Å². The first-order chi connectivity index (χ1) is 13.1. The lowest BCUT2D eigenvalue weighted by Crippen LogP contribution is -2.50. The molecule has 0 saturated carbocycles. The highest BCUT2D eigenvalue weighted by molar-refractivity contribution is 9.10. The zero-order valence-corrected chi connectivity index (χ0v) is 16.5. The molecule has 0 spiro atoms. The number of aromatic amines is 1. The van der Waals surface area contributed by atoms with Crippen LogP contribution in [0.5, 0.6) is 0 Å². The molecule has 0 unspecified atom stereocenters. The van der Waals surface area contributed by atoms with Crippen molar-refractivity contribution in [1.29, 1.82) is 0 Å². The van der Waals surface area contributed by atoms with Crippen molar-refractivity contribution >= 4 is 38.6 Å². The number of piperidine rings is 1. The van der Waals surface area contributed by atoms with E-state index in [0.29, 0.717) is 22.4 Å². The van der Waals surface area contributed by atoms with Crippen molar-refractivity contribution in [2.75, 3.05) is 18.9 Å². The molecule has 1 aliphatic heterocycles. The Kier molecular flexibility index (Phi) is 4.02. The van der Waals surface area contributed by atoms with Gasteiger partial charge in [0.25, 0.3) is 0 Å². The molecule has 7 heteroatoms. The summed E-state index contributed by atoms with van der Waals surface area (Å²) >= 11 is 3.26. The zero-order chi connectivity index (χ0) is 18.5. The molecule has 1 fully saturated rings. The van der Waals surface area contributed by atoms with Crippen LogP contribution in [0.25, 0.3) is 10.9 Å². The maximum atomic E-state index is 12.9. The summed E-state index contributed by atoms with van der Waals surface area (Å²) in [5.41, 5.74) is 3.95. The Balaban J connectivity index is 1.42. The first-order valence-corrected chi connectivity index (χ1v) is 9.97. The van der Waals surface area contributed by atoms with E-state index in [9.17, 15) is 4.79 Å². The number of carbonyl (C=O) groups is 1. The minimum Gasteiger partial charge on any atom is -0.361 e. The average Bonchev–Trinajstić information content (AvgIpc) is 3.09. The molecule has 1 saturated heterocycles. The van der Waals surface area contributed by atoms with Crippen molar-refractivity contribution in [3.8, 4) is 0 Å². The Morgan fingerprint density at radius 2 is 2.22 bits per heavy atom. The van der Waals surface area contributed by atoms with Gasteiger partial charge in [0.1, 0.15) is 4.60 Å². The van der Waals surface area contributed by atoms with Crippen molar-refractivity contribution in [3.63, 3.8) is 0 Å². The molecule has 2 aromatic heterocycles. The fraction of sp³-hybridized carbons (Fsp3) is 0.350. The number of amides is 1. The van der Waals surface area contributed by atoms with E-state index in [2.05, 4.69) is 72.5 Å². The third-order valence-electron chi connectivity index (χ3n) is 5.97. The molecule has 1 aromatic carbocycles. The molecule has 1 amide bonds. The van der Waals surface area contributed by atoms with Gasteiger partial charge >= 0.3 is 0 Å². The number of carbonyl (C=O) groups excluding carboxylic acids is 1. The SMILES string of the molecule is CN1C[C@H](C(=O)Nc2cnc(Br)cn2)C[C@@H]2c3cccc4[nH]cc(c34)C[C@H]21. The lowest BCUT2D eigenvalue weighted by atomic mass is 9.72. The molecular formula is C20H20BrN5O. The Labute approximate surface area is 165 Å². The van der Waals surface area contributed by atoms with Gasteiger partial charge in [-0.3, -0.25) is 4.79 Å². The smallest absolute Gasteiger partial charge is 0.229 e. The Hall–Kier alpha value is -2.25. The van der Waals surface area contributed by atoms with Crippen LogP contribution in [0.1, 0.15) is 23.5 Å². The number of aromatic nitrogens is 3. The second kappa shape index (κ2) is 6.42. The predicted molar refractivity (Wildman–Crippen MR) is 108 cm³/mol. The normalized spacial score (nSPS) is 24.6. The van der Waals surface area contributed by atoms with Gasteiger partial charge in [0.05, 0.1) is 18.3 Å². The molecule has 3 atom stereocenters. The minimum absolute atomic E-state index is 0.0176. The Morgan fingerprint density at radius 3 is 3.04 bits per heavy atom. The van der Waals surface area contributed by atoms with Crippen LogP contribution in [0.4, 0.5) is 5.82 Å². The lowest BCUT2D eigenvalue weighted by molar-refractivity contribution is -0.122. The van der Waals surface area contributed by atoms with Gasteiger partial charge in [0.15, 0.2) is 5.82 Å². The van der Waals surface area contributed by atoms with Crippen molar-refractivity contribution in [2.45, 2.75) is 24.8 Å². The second-order valence-electron chi connectivity index (χ2n) is 7.55. The summed E-state index contributed by atoms with van der Waals surface area (Å²) in [5.74, 6) is 0.801. The van der Waals surface area contributed by atoms with Crippen LogP contribution in [0.15, 0.2) is 41.4 Å². The van der Waals surface area contributed by atoms with E-state index in [1.54, 1.807) is 12.4 Å². The Bertz CT molecular complexity index is 1010. The van der Waals surface area contributed by atoms with Gasteiger partial charge in [-0.15, -0.1) is 0 Å². The van der Waals surface area contributed by atoms with Crippen LogP contribution < -0.4 is 5.32 Å². The maximum absolute atomic E-state index is 12.9. The van der Waals surface area contributed by atoms with E-state index in [1.165, 1.54) is 22.0 Å². The molecule has 1 aliphatic carbocycles. The first kappa shape index (κ1) is 16.9. The van der Waals surface area contributed by atoms with Gasteiger partial charge in [-0.2, -0.15) is 0 Å². The molecule has 5 rings (SSSR count). The number of rotatable bonds is 2. The molecule has 27 heavy (non-hydrogen) atoms. The summed E-state index contributed by atoms with van der Waals surface area (Å²) in [6.07, 6.45) is 7.20. The number of likely N-dealkylation sites (tertiary alicyclic amines) is 1. The van der Waals surface area contributed by atoms with Crippen LogP contribution in [-0.4, -0.2) is 45.4 Å². The summed E-state index contributed by atoms with van der Waals surface area (Å²) in [4.78, 5) is 27.0. The standard InChI is InChI=1S/C20H20BrN5O/c1-26-10-12(20(27)25-18-9-23-17(21)8-24-18)5-14-13-3-2-4-15-19(13)11(7-22-15)6-16(14)26/h2-4,7-9,12,14,16,22H,5-6,10H2,1H3,(H,24,25,27)/t12-,14-,16-/m1/s1. The number of anilines is 1. The van der Waals surface area contributed by atoms with Gasteiger partial charge in [0.2, 0.25) is 5.91 Å². The Morgan fingerprint density at radius 1 is 1.33 bits per heavy atom. The highest BCUT2D eigenvalue weighted by Gasteiger charge is 2.41. The van der Waals surface area contributed by atoms with E-state index in [4.69, 9.17) is 0 Å². The maximum Gasteiger partial charge on any atom is 0.229 e. The summed E-state index contributed by atoms with van der Waals surface area (Å²) in [5, 5.41) is 4.28. The third-order valence-corrected chi connectivity index (χ3v) is 6.38. The first-order valence-electron chi connectivity index (χ1n) is 9.17. The number of likely N-dealkylation sites (N-methyl/N-ethyl adjacent to an activating group) is 1. The van der Waals surface area contributed by atoms with Crippen LogP contribution in [-0.2, 0) is 11.2 Å². The summed E-state index contributed by atoms with van der Waals surface area (Å²) in [7, 11) is 2.13. The largest absolute Gasteiger partial charge is 0.361 e. The molecule has 3 heterocycles. The van der Waals surface area contributed by atoms with Crippen molar-refractivity contribution in [3.05, 3.63) is 52.5 Å². The van der Waals surface area contributed by atoms with Crippen LogP contribution in [0.3, 0.4) is 0 Å². The zero-order valence-electron chi connectivity index (χ0n) is 14.9. The monoisotopic (exact) mass is 425 g/mol. The lowest BCUT2D eigenvalue weighted by Gasteiger charge is -2.45. The van der Waals surface area contributed by atoms with Crippen LogP contribution in [0, 0.1) is 5.92 Å². The van der Waals surface area contributed by atoms with E-state index < -0.39 is 0 Å². The molecule has 2 N–H and O–H groups in total. The molecule has 6 nitrogen and oxygen atoms in total. The number of nitrogens with one attached hydrogen (secondary N) is 2. The predicted octanol–water partition coefficient (Wildman–Crippen LogP) is 3.32.